The molecule has 0 saturated heterocycles. The Morgan fingerprint density at radius 2 is 2.12 bits per heavy atom. The maximum absolute atomic E-state index is 10.1. The van der Waals surface area contributed by atoms with Crippen LogP contribution in [0.3, 0.4) is 0 Å². The summed E-state index contributed by atoms with van der Waals surface area (Å²) in [6.07, 6.45) is 3.15. The minimum Gasteiger partial charge on any atom is -0.508 e. The normalized spacial score (nSPS) is 33.6. The molecule has 17 heavy (non-hydrogen) atoms. The number of phenols is 1. The fourth-order valence-corrected chi connectivity index (χ4v) is 3.28. The van der Waals surface area contributed by atoms with Crippen molar-refractivity contribution in [2.45, 2.75) is 50.8 Å². The summed E-state index contributed by atoms with van der Waals surface area (Å²) >= 11 is 6.28. The van der Waals surface area contributed by atoms with Crippen LogP contribution in [0.2, 0.25) is 0 Å². The van der Waals surface area contributed by atoms with Gasteiger partial charge < -0.3 is 5.11 Å². The fraction of sp³-hybridized carbons (Fsp3) is 0.600. The minimum absolute atomic E-state index is 0.0720. The third-order valence-corrected chi connectivity index (χ3v) is 4.81. The molecule has 2 rings (SSSR count). The highest BCUT2D eigenvalue weighted by molar-refractivity contribution is 6.20. The average Bonchev–Trinajstić information content (AvgIpc) is 2.24. The summed E-state index contributed by atoms with van der Waals surface area (Å²) in [6, 6.07) is 6.02. The van der Waals surface area contributed by atoms with Crippen molar-refractivity contribution in [3.63, 3.8) is 0 Å². The summed E-state index contributed by atoms with van der Waals surface area (Å²) in [7, 11) is 0. The van der Waals surface area contributed by atoms with Crippen LogP contribution in [0.15, 0.2) is 18.2 Å². The quantitative estimate of drug-likeness (QED) is 0.735. The van der Waals surface area contributed by atoms with Crippen molar-refractivity contribution in [3.05, 3.63) is 29.3 Å². The molecular weight excluding hydrogens is 232 g/mol. The molecule has 1 aliphatic rings. The summed E-state index contributed by atoms with van der Waals surface area (Å²) < 4.78 is 0. The number of phenolic OH excluding ortho intramolecular Hbond substituents is 1. The van der Waals surface area contributed by atoms with Gasteiger partial charge in [0, 0.05) is 5.38 Å². The van der Waals surface area contributed by atoms with Gasteiger partial charge in [0.2, 0.25) is 0 Å². The maximum atomic E-state index is 10.1. The molecule has 1 fully saturated rings. The SMILES string of the molecule is Cc1ccc([C@]2(C)CC[C@H](Cl)[C@H](C)C2)c(O)c1. The van der Waals surface area contributed by atoms with Crippen molar-refractivity contribution < 1.29 is 5.11 Å². The first kappa shape index (κ1) is 12.8. The van der Waals surface area contributed by atoms with Crippen LogP contribution in [0.1, 0.15) is 44.2 Å². The number of hydrogen-bond acceptors (Lipinski definition) is 1. The standard InChI is InChI=1S/C15H21ClO/c1-10-4-5-12(14(17)8-10)15(3)7-6-13(16)11(2)9-15/h4-5,8,11,13,17H,6-7,9H2,1-3H3/t11-,13+,15-/m1/s1. The molecule has 0 bridgehead atoms. The molecule has 0 heterocycles. The van der Waals surface area contributed by atoms with Crippen molar-refractivity contribution in [2.75, 3.05) is 0 Å². The van der Waals surface area contributed by atoms with Crippen LogP contribution in [0.5, 0.6) is 5.75 Å². The van der Waals surface area contributed by atoms with Crippen molar-refractivity contribution in [2.24, 2.45) is 5.92 Å². The summed E-state index contributed by atoms with van der Waals surface area (Å²) in [5.41, 5.74) is 2.26. The van der Waals surface area contributed by atoms with E-state index in [4.69, 9.17) is 11.6 Å². The molecule has 0 spiro atoms. The fourth-order valence-electron chi connectivity index (χ4n) is 3.08. The van der Waals surface area contributed by atoms with E-state index in [1.165, 1.54) is 0 Å². The molecule has 1 aliphatic carbocycles. The zero-order chi connectivity index (χ0) is 12.6. The van der Waals surface area contributed by atoms with Gasteiger partial charge in [0.1, 0.15) is 5.75 Å². The molecule has 0 radical (unpaired) electrons. The first-order valence-electron chi connectivity index (χ1n) is 6.36. The van der Waals surface area contributed by atoms with Gasteiger partial charge in [0.25, 0.3) is 0 Å². The van der Waals surface area contributed by atoms with E-state index in [1.54, 1.807) is 0 Å². The number of aryl methyl sites for hydroxylation is 1. The van der Waals surface area contributed by atoms with Gasteiger partial charge in [0.05, 0.1) is 0 Å². The van der Waals surface area contributed by atoms with E-state index in [0.29, 0.717) is 11.7 Å². The summed E-state index contributed by atoms with van der Waals surface area (Å²) in [6.45, 7) is 6.46. The van der Waals surface area contributed by atoms with Crippen LogP contribution in [0, 0.1) is 12.8 Å². The van der Waals surface area contributed by atoms with E-state index in [0.717, 1.165) is 30.4 Å². The monoisotopic (exact) mass is 252 g/mol. The Hall–Kier alpha value is -0.690. The Morgan fingerprint density at radius 1 is 1.41 bits per heavy atom. The lowest BCUT2D eigenvalue weighted by Crippen LogP contribution is -2.34. The Morgan fingerprint density at radius 3 is 2.71 bits per heavy atom. The topological polar surface area (TPSA) is 20.2 Å². The number of hydrogen-bond donors (Lipinski definition) is 1. The third kappa shape index (κ3) is 2.44. The second-order valence-electron chi connectivity index (χ2n) is 5.82. The van der Waals surface area contributed by atoms with Crippen LogP contribution in [0.25, 0.3) is 0 Å². The Kier molecular flexibility index (Phi) is 3.40. The summed E-state index contributed by atoms with van der Waals surface area (Å²) in [5, 5.41) is 10.4. The van der Waals surface area contributed by atoms with Crippen LogP contribution in [0.4, 0.5) is 0 Å². The Bertz CT molecular complexity index is 415. The molecule has 1 aromatic carbocycles. The number of aromatic hydroxyl groups is 1. The van der Waals surface area contributed by atoms with Gasteiger partial charge in [-0.25, -0.2) is 0 Å². The largest absolute Gasteiger partial charge is 0.508 e. The lowest BCUT2D eigenvalue weighted by atomic mass is 9.67. The van der Waals surface area contributed by atoms with Gasteiger partial charge in [-0.1, -0.05) is 26.0 Å². The second kappa shape index (κ2) is 4.53. The molecule has 1 N–H and O–H groups in total. The predicted molar refractivity (Wildman–Crippen MR) is 72.9 cm³/mol. The second-order valence-corrected chi connectivity index (χ2v) is 6.38. The van der Waals surface area contributed by atoms with Gasteiger partial charge in [-0.2, -0.15) is 0 Å². The molecule has 3 atom stereocenters. The number of alkyl halides is 1. The molecule has 94 valence electrons. The predicted octanol–water partition coefficient (Wildman–Crippen LogP) is 4.39. The highest BCUT2D eigenvalue weighted by Gasteiger charge is 2.37. The van der Waals surface area contributed by atoms with E-state index >= 15 is 0 Å². The smallest absolute Gasteiger partial charge is 0.119 e. The minimum atomic E-state index is 0.0720. The molecule has 1 aromatic rings. The molecule has 0 aliphatic heterocycles. The van der Waals surface area contributed by atoms with Crippen LogP contribution in [-0.2, 0) is 5.41 Å². The molecule has 1 saturated carbocycles. The van der Waals surface area contributed by atoms with Crippen LogP contribution < -0.4 is 0 Å². The zero-order valence-corrected chi connectivity index (χ0v) is 11.6. The Balaban J connectivity index is 2.32. The number of rotatable bonds is 1. The van der Waals surface area contributed by atoms with Crippen molar-refractivity contribution >= 4 is 11.6 Å². The lowest BCUT2D eigenvalue weighted by molar-refractivity contribution is 0.251. The molecule has 2 heteroatoms. The molecule has 0 aromatic heterocycles. The van der Waals surface area contributed by atoms with Crippen molar-refractivity contribution in [3.8, 4) is 5.75 Å². The zero-order valence-electron chi connectivity index (χ0n) is 10.8. The van der Waals surface area contributed by atoms with E-state index in [1.807, 2.05) is 13.0 Å². The van der Waals surface area contributed by atoms with Gasteiger partial charge in [-0.05, 0) is 54.7 Å². The van der Waals surface area contributed by atoms with E-state index < -0.39 is 0 Å². The van der Waals surface area contributed by atoms with Gasteiger partial charge in [0.15, 0.2) is 0 Å². The Labute approximate surface area is 109 Å². The van der Waals surface area contributed by atoms with Gasteiger partial charge in [-0.15, -0.1) is 11.6 Å². The lowest BCUT2D eigenvalue weighted by Gasteiger charge is -2.40. The van der Waals surface area contributed by atoms with Crippen LogP contribution >= 0.6 is 11.6 Å². The van der Waals surface area contributed by atoms with E-state index in [-0.39, 0.29) is 10.8 Å². The van der Waals surface area contributed by atoms with Crippen molar-refractivity contribution in [1.29, 1.82) is 0 Å². The summed E-state index contributed by atoms with van der Waals surface area (Å²) in [4.78, 5) is 0. The molecule has 0 unspecified atom stereocenters. The van der Waals surface area contributed by atoms with Crippen molar-refractivity contribution in [1.82, 2.24) is 0 Å². The van der Waals surface area contributed by atoms with Gasteiger partial charge >= 0.3 is 0 Å². The number of benzene rings is 1. The van der Waals surface area contributed by atoms with E-state index in [2.05, 4.69) is 26.0 Å². The number of halogens is 1. The van der Waals surface area contributed by atoms with E-state index in [9.17, 15) is 5.11 Å². The third-order valence-electron chi connectivity index (χ3n) is 4.17. The molecule has 1 nitrogen and oxygen atoms in total. The summed E-state index contributed by atoms with van der Waals surface area (Å²) in [5.74, 6) is 0.948. The first-order valence-corrected chi connectivity index (χ1v) is 6.80. The maximum Gasteiger partial charge on any atom is 0.119 e. The van der Waals surface area contributed by atoms with Gasteiger partial charge in [-0.3, -0.25) is 0 Å². The molecular formula is C15H21ClO. The van der Waals surface area contributed by atoms with Crippen LogP contribution in [-0.4, -0.2) is 10.5 Å². The molecule has 0 amide bonds. The highest BCUT2D eigenvalue weighted by Crippen LogP contribution is 2.46. The first-order chi connectivity index (χ1) is 7.92. The highest BCUT2D eigenvalue weighted by atomic mass is 35.5. The average molecular weight is 253 g/mol.